The number of hydrogen-bond acceptors (Lipinski definition) is 4. The minimum Gasteiger partial charge on any atom is -0.358 e. The molecule has 144 valence electrons. The van der Waals surface area contributed by atoms with Gasteiger partial charge in [0.05, 0.1) is 11.7 Å². The highest BCUT2D eigenvalue weighted by Gasteiger charge is 2.34. The summed E-state index contributed by atoms with van der Waals surface area (Å²) in [5.74, 6) is -0.205. The molecular formula is C19H17F3N6. The Morgan fingerprint density at radius 3 is 3.00 bits per heavy atom. The molecule has 0 bridgehead atoms. The molecule has 0 aliphatic carbocycles. The van der Waals surface area contributed by atoms with Gasteiger partial charge in [0.15, 0.2) is 0 Å². The van der Waals surface area contributed by atoms with Crippen LogP contribution in [0.5, 0.6) is 0 Å². The zero-order valence-electron chi connectivity index (χ0n) is 14.9. The number of rotatable bonds is 2. The Morgan fingerprint density at radius 1 is 1.36 bits per heavy atom. The summed E-state index contributed by atoms with van der Waals surface area (Å²) in [7, 11) is 0. The highest BCUT2D eigenvalue weighted by atomic mass is 19.4. The Bertz CT molecular complexity index is 1080. The minimum absolute atomic E-state index is 0.0110. The number of amidine groups is 1. The van der Waals surface area contributed by atoms with Gasteiger partial charge in [0.1, 0.15) is 17.9 Å². The molecule has 0 unspecified atom stereocenters. The van der Waals surface area contributed by atoms with Crippen LogP contribution in [0.25, 0.3) is 21.9 Å². The summed E-state index contributed by atoms with van der Waals surface area (Å²) in [5, 5.41) is 10.7. The Morgan fingerprint density at radius 2 is 2.21 bits per heavy atom. The van der Waals surface area contributed by atoms with Crippen LogP contribution >= 0.6 is 0 Å². The highest BCUT2D eigenvalue weighted by molar-refractivity contribution is 6.05. The number of pyridine rings is 2. The van der Waals surface area contributed by atoms with E-state index < -0.39 is 12.6 Å². The number of halogens is 3. The summed E-state index contributed by atoms with van der Waals surface area (Å²) in [6, 6.07) is 3.86. The highest BCUT2D eigenvalue weighted by Crippen LogP contribution is 2.35. The number of aromatic nitrogens is 3. The molecule has 28 heavy (non-hydrogen) atoms. The van der Waals surface area contributed by atoms with Crippen molar-refractivity contribution in [3.63, 3.8) is 0 Å². The summed E-state index contributed by atoms with van der Waals surface area (Å²) in [6.45, 7) is 0.835. The number of nitrogens with zero attached hydrogens (tertiary/aromatic N) is 5. The Kier molecular flexibility index (Phi) is 4.63. The number of piperidine rings is 1. The van der Waals surface area contributed by atoms with Gasteiger partial charge in [0.25, 0.3) is 0 Å². The monoisotopic (exact) mass is 386 g/mol. The van der Waals surface area contributed by atoms with E-state index in [2.05, 4.69) is 19.9 Å². The quantitative estimate of drug-likeness (QED) is 0.408. The van der Waals surface area contributed by atoms with E-state index in [1.807, 2.05) is 18.3 Å². The summed E-state index contributed by atoms with van der Waals surface area (Å²) in [4.78, 5) is 16.9. The largest absolute Gasteiger partial charge is 0.396 e. The Labute approximate surface area is 158 Å². The molecule has 9 heteroatoms. The normalized spacial score (nSPS) is 18.6. The number of nitrogens with one attached hydrogen (secondary N) is 1. The van der Waals surface area contributed by atoms with Crippen LogP contribution in [0.1, 0.15) is 30.7 Å². The molecule has 0 spiro atoms. The maximum atomic E-state index is 12.9. The lowest BCUT2D eigenvalue weighted by atomic mass is 9.88. The van der Waals surface area contributed by atoms with E-state index in [9.17, 15) is 13.2 Å². The number of aliphatic imine (C=N–C) groups is 1. The topological polar surface area (TPSA) is 81.0 Å². The van der Waals surface area contributed by atoms with Crippen molar-refractivity contribution in [3.05, 3.63) is 36.3 Å². The van der Waals surface area contributed by atoms with E-state index in [1.165, 1.54) is 6.19 Å². The van der Waals surface area contributed by atoms with E-state index >= 15 is 0 Å². The lowest BCUT2D eigenvalue weighted by molar-refractivity contribution is -0.122. The molecule has 4 rings (SSSR count). The smallest absolute Gasteiger partial charge is 0.358 e. The van der Waals surface area contributed by atoms with Crippen LogP contribution in [0.15, 0.2) is 35.7 Å². The summed E-state index contributed by atoms with van der Waals surface area (Å²) in [5.41, 5.74) is 2.53. The van der Waals surface area contributed by atoms with Crippen molar-refractivity contribution in [3.8, 4) is 6.19 Å². The molecule has 1 saturated heterocycles. The van der Waals surface area contributed by atoms with Gasteiger partial charge in [-0.3, -0.25) is 4.98 Å². The lowest BCUT2D eigenvalue weighted by Crippen LogP contribution is -2.41. The SMILES string of the molecule is N#C/N=C(\CC(F)(F)F)N1CCC[C@H](c2ccnc3cnc4[nH]ccc4c23)C1. The molecule has 0 amide bonds. The number of hydrogen-bond donors (Lipinski definition) is 1. The predicted molar refractivity (Wildman–Crippen MR) is 98.7 cm³/mol. The fourth-order valence-corrected chi connectivity index (χ4v) is 3.94. The molecule has 1 aliphatic heterocycles. The third-order valence-electron chi connectivity index (χ3n) is 5.09. The molecule has 3 aromatic heterocycles. The van der Waals surface area contributed by atoms with Gasteiger partial charge in [0, 0.05) is 42.2 Å². The van der Waals surface area contributed by atoms with Crippen LogP contribution < -0.4 is 0 Å². The third-order valence-corrected chi connectivity index (χ3v) is 5.09. The fourth-order valence-electron chi connectivity index (χ4n) is 3.94. The van der Waals surface area contributed by atoms with E-state index in [1.54, 1.807) is 17.3 Å². The van der Waals surface area contributed by atoms with Gasteiger partial charge in [-0.25, -0.2) is 4.98 Å². The van der Waals surface area contributed by atoms with E-state index in [0.717, 1.165) is 40.3 Å². The van der Waals surface area contributed by atoms with Gasteiger partial charge >= 0.3 is 6.18 Å². The second-order valence-electron chi connectivity index (χ2n) is 6.86. The van der Waals surface area contributed by atoms with Gasteiger partial charge in [-0.1, -0.05) is 0 Å². The summed E-state index contributed by atoms with van der Waals surface area (Å²) in [6.07, 6.45) is 2.69. The number of alkyl halides is 3. The Balaban J connectivity index is 1.71. The van der Waals surface area contributed by atoms with E-state index in [4.69, 9.17) is 5.26 Å². The van der Waals surface area contributed by atoms with Crippen LogP contribution in [0.3, 0.4) is 0 Å². The molecule has 3 aromatic rings. The molecule has 0 aromatic carbocycles. The van der Waals surface area contributed by atoms with Crippen molar-refractivity contribution in [2.75, 3.05) is 13.1 Å². The number of nitriles is 1. The first-order valence-corrected chi connectivity index (χ1v) is 8.94. The molecule has 4 heterocycles. The van der Waals surface area contributed by atoms with Gasteiger partial charge in [0.2, 0.25) is 6.19 Å². The van der Waals surface area contributed by atoms with E-state index in [-0.39, 0.29) is 11.8 Å². The third kappa shape index (κ3) is 3.50. The summed E-state index contributed by atoms with van der Waals surface area (Å²) >= 11 is 0. The standard InChI is InChI=1S/C19H17F3N6/c20-19(21,22)8-16(27-11-23)28-7-1-2-12(10-28)13-3-5-24-15-9-26-18-14(17(13)15)4-6-25-18/h3-6,9,12H,1-2,7-8,10H2,(H,25,26)/b27-16+/t12-/m0/s1. The average Bonchev–Trinajstić information content (AvgIpc) is 3.15. The molecule has 0 radical (unpaired) electrons. The van der Waals surface area contributed by atoms with Crippen molar-refractivity contribution < 1.29 is 13.2 Å². The molecule has 0 saturated carbocycles. The zero-order chi connectivity index (χ0) is 19.7. The molecular weight excluding hydrogens is 369 g/mol. The number of fused-ring (bicyclic) bond motifs is 3. The second kappa shape index (κ2) is 7.11. The number of H-pyrrole nitrogens is 1. The van der Waals surface area contributed by atoms with Crippen LogP contribution in [-0.2, 0) is 0 Å². The van der Waals surface area contributed by atoms with Crippen molar-refractivity contribution in [2.24, 2.45) is 4.99 Å². The van der Waals surface area contributed by atoms with Crippen LogP contribution in [0, 0.1) is 11.5 Å². The maximum Gasteiger partial charge on any atom is 0.396 e. The maximum absolute atomic E-state index is 12.9. The minimum atomic E-state index is -4.41. The van der Waals surface area contributed by atoms with Gasteiger partial charge in [-0.2, -0.15) is 23.4 Å². The van der Waals surface area contributed by atoms with Crippen LogP contribution in [0.2, 0.25) is 0 Å². The predicted octanol–water partition coefficient (Wildman–Crippen LogP) is 4.12. The van der Waals surface area contributed by atoms with Gasteiger partial charge in [-0.15, -0.1) is 0 Å². The summed E-state index contributed by atoms with van der Waals surface area (Å²) < 4.78 is 38.7. The van der Waals surface area contributed by atoms with Crippen LogP contribution in [-0.4, -0.2) is 45.0 Å². The molecule has 1 atom stereocenters. The zero-order valence-corrected chi connectivity index (χ0v) is 14.9. The van der Waals surface area contributed by atoms with Crippen molar-refractivity contribution in [1.29, 1.82) is 5.26 Å². The Hall–Kier alpha value is -3.15. The van der Waals surface area contributed by atoms with Gasteiger partial charge < -0.3 is 9.88 Å². The fraction of sp³-hybridized carbons (Fsp3) is 0.368. The first-order valence-electron chi connectivity index (χ1n) is 8.94. The van der Waals surface area contributed by atoms with Crippen molar-refractivity contribution >= 4 is 27.8 Å². The molecule has 6 nitrogen and oxygen atoms in total. The molecule has 1 N–H and O–H groups in total. The van der Waals surface area contributed by atoms with Crippen LogP contribution in [0.4, 0.5) is 13.2 Å². The average molecular weight is 386 g/mol. The van der Waals surface area contributed by atoms with E-state index in [0.29, 0.717) is 13.1 Å². The first kappa shape index (κ1) is 18.2. The van der Waals surface area contributed by atoms with Crippen molar-refractivity contribution in [1.82, 2.24) is 19.9 Å². The van der Waals surface area contributed by atoms with Gasteiger partial charge in [-0.05, 0) is 30.5 Å². The number of aromatic amines is 1. The first-order chi connectivity index (χ1) is 13.5. The second-order valence-corrected chi connectivity index (χ2v) is 6.86. The lowest BCUT2D eigenvalue weighted by Gasteiger charge is -2.35. The molecule has 1 fully saturated rings. The number of likely N-dealkylation sites (tertiary alicyclic amines) is 1. The van der Waals surface area contributed by atoms with Crippen molar-refractivity contribution in [2.45, 2.75) is 31.4 Å². The molecule has 1 aliphatic rings.